The van der Waals surface area contributed by atoms with E-state index in [1.165, 1.54) is 25.7 Å². The minimum absolute atomic E-state index is 0.369. The summed E-state index contributed by atoms with van der Waals surface area (Å²) in [4.78, 5) is 4.54. The van der Waals surface area contributed by atoms with Crippen LogP contribution in [0.4, 0.5) is 0 Å². The molecular formula is C11H23N3S. The smallest absolute Gasteiger partial charge is 0.189 e. The van der Waals surface area contributed by atoms with E-state index in [1.807, 2.05) is 11.8 Å². The molecule has 1 saturated carbocycles. The Morgan fingerprint density at radius 2 is 2.20 bits per heavy atom. The Kier molecular flexibility index (Phi) is 5.29. The molecule has 4 heteroatoms. The first-order valence-corrected chi connectivity index (χ1v) is 7.03. The third-order valence-electron chi connectivity index (χ3n) is 2.69. The molecule has 88 valence electrons. The molecule has 3 nitrogen and oxygen atoms in total. The molecule has 1 rings (SSSR count). The summed E-state index contributed by atoms with van der Waals surface area (Å²) in [6, 6.07) is 0.802. The van der Waals surface area contributed by atoms with E-state index in [2.05, 4.69) is 30.4 Å². The molecule has 0 aromatic rings. The predicted molar refractivity (Wildman–Crippen MR) is 69.5 cm³/mol. The number of guanidine groups is 1. The van der Waals surface area contributed by atoms with Gasteiger partial charge in [0.2, 0.25) is 0 Å². The first-order chi connectivity index (χ1) is 7.11. The van der Waals surface area contributed by atoms with Crippen molar-refractivity contribution in [1.82, 2.24) is 5.32 Å². The zero-order chi connectivity index (χ0) is 11.3. The maximum atomic E-state index is 5.82. The molecule has 1 aliphatic carbocycles. The van der Waals surface area contributed by atoms with Crippen molar-refractivity contribution in [3.8, 4) is 0 Å². The third-order valence-corrected chi connectivity index (χ3v) is 3.78. The molecule has 0 amide bonds. The average Bonchev–Trinajstić information content (AvgIpc) is 2.16. The van der Waals surface area contributed by atoms with Crippen molar-refractivity contribution in [2.24, 2.45) is 10.7 Å². The van der Waals surface area contributed by atoms with Crippen LogP contribution >= 0.6 is 11.8 Å². The van der Waals surface area contributed by atoms with E-state index >= 15 is 0 Å². The zero-order valence-electron chi connectivity index (χ0n) is 9.99. The Labute approximate surface area is 97.3 Å². The molecule has 0 aromatic heterocycles. The summed E-state index contributed by atoms with van der Waals surface area (Å²) in [5, 5.41) is 3.92. The molecular weight excluding hydrogens is 206 g/mol. The van der Waals surface area contributed by atoms with Crippen molar-refractivity contribution in [3.05, 3.63) is 0 Å². The lowest BCUT2D eigenvalue weighted by Crippen LogP contribution is -2.38. The van der Waals surface area contributed by atoms with Crippen LogP contribution in [-0.4, -0.2) is 29.5 Å². The van der Waals surface area contributed by atoms with Crippen LogP contribution in [0.2, 0.25) is 0 Å². The van der Waals surface area contributed by atoms with E-state index in [-0.39, 0.29) is 0 Å². The van der Waals surface area contributed by atoms with Gasteiger partial charge < -0.3 is 11.1 Å². The van der Waals surface area contributed by atoms with Gasteiger partial charge in [0.05, 0.1) is 6.04 Å². The lowest BCUT2D eigenvalue weighted by Gasteiger charge is -2.25. The molecule has 0 bridgehead atoms. The van der Waals surface area contributed by atoms with Gasteiger partial charge in [-0.2, -0.15) is 11.8 Å². The van der Waals surface area contributed by atoms with Crippen LogP contribution in [-0.2, 0) is 0 Å². The molecule has 2 unspecified atom stereocenters. The van der Waals surface area contributed by atoms with Gasteiger partial charge in [0.1, 0.15) is 0 Å². The fraction of sp³-hybridized carbons (Fsp3) is 0.909. The Morgan fingerprint density at radius 3 is 2.80 bits per heavy atom. The fourth-order valence-corrected chi connectivity index (χ4v) is 2.80. The van der Waals surface area contributed by atoms with Gasteiger partial charge in [-0.05, 0) is 39.4 Å². The number of nitrogens with zero attached hydrogens (tertiary/aromatic N) is 1. The molecule has 0 aliphatic heterocycles. The maximum Gasteiger partial charge on any atom is 0.189 e. The summed E-state index contributed by atoms with van der Waals surface area (Å²) in [6.07, 6.45) is 7.19. The van der Waals surface area contributed by atoms with Gasteiger partial charge in [0, 0.05) is 11.3 Å². The number of rotatable bonds is 3. The SMILES string of the molecule is CSC1CCCC(N=C(N)NC(C)C)C1. The highest BCUT2D eigenvalue weighted by atomic mass is 32.2. The van der Waals surface area contributed by atoms with Crippen molar-refractivity contribution in [2.45, 2.75) is 56.9 Å². The topological polar surface area (TPSA) is 50.4 Å². The maximum absolute atomic E-state index is 5.82. The standard InChI is InChI=1S/C11H23N3S/c1-8(2)13-11(12)14-9-5-4-6-10(7-9)15-3/h8-10H,4-7H2,1-3H3,(H3,12,13,14). The van der Waals surface area contributed by atoms with Crippen molar-refractivity contribution < 1.29 is 0 Å². The van der Waals surface area contributed by atoms with Crippen molar-refractivity contribution in [2.75, 3.05) is 6.26 Å². The minimum Gasteiger partial charge on any atom is -0.370 e. The molecule has 0 spiro atoms. The van der Waals surface area contributed by atoms with E-state index in [9.17, 15) is 0 Å². The minimum atomic E-state index is 0.369. The number of thioether (sulfide) groups is 1. The van der Waals surface area contributed by atoms with Crippen LogP contribution < -0.4 is 11.1 Å². The largest absolute Gasteiger partial charge is 0.370 e. The molecule has 0 saturated heterocycles. The van der Waals surface area contributed by atoms with Gasteiger partial charge in [0.15, 0.2) is 5.96 Å². The van der Waals surface area contributed by atoms with Gasteiger partial charge in [0.25, 0.3) is 0 Å². The number of hydrogen-bond acceptors (Lipinski definition) is 2. The predicted octanol–water partition coefficient (Wildman–Crippen LogP) is 1.97. The van der Waals surface area contributed by atoms with Gasteiger partial charge >= 0.3 is 0 Å². The highest BCUT2D eigenvalue weighted by Crippen LogP contribution is 2.28. The van der Waals surface area contributed by atoms with E-state index in [1.54, 1.807) is 0 Å². The summed E-state index contributed by atoms with van der Waals surface area (Å²) in [5.74, 6) is 0.608. The first kappa shape index (κ1) is 12.7. The van der Waals surface area contributed by atoms with E-state index in [4.69, 9.17) is 5.73 Å². The molecule has 2 atom stereocenters. The molecule has 1 fully saturated rings. The highest BCUT2D eigenvalue weighted by molar-refractivity contribution is 7.99. The van der Waals surface area contributed by atoms with Crippen molar-refractivity contribution in [3.63, 3.8) is 0 Å². The molecule has 3 N–H and O–H groups in total. The molecule has 0 aromatic carbocycles. The molecule has 0 heterocycles. The summed E-state index contributed by atoms with van der Waals surface area (Å²) in [6.45, 7) is 4.15. The Morgan fingerprint density at radius 1 is 1.47 bits per heavy atom. The van der Waals surface area contributed by atoms with Gasteiger partial charge in [-0.25, -0.2) is 0 Å². The Hall–Kier alpha value is -0.380. The Balaban J connectivity index is 2.42. The lowest BCUT2D eigenvalue weighted by molar-refractivity contribution is 0.451. The lowest BCUT2D eigenvalue weighted by atomic mass is 9.95. The first-order valence-electron chi connectivity index (χ1n) is 5.74. The summed E-state index contributed by atoms with van der Waals surface area (Å²) in [5.41, 5.74) is 5.82. The zero-order valence-corrected chi connectivity index (χ0v) is 10.8. The van der Waals surface area contributed by atoms with E-state index in [0.29, 0.717) is 18.0 Å². The van der Waals surface area contributed by atoms with Crippen LogP contribution in [0.1, 0.15) is 39.5 Å². The van der Waals surface area contributed by atoms with Crippen LogP contribution in [0.5, 0.6) is 0 Å². The molecule has 0 radical (unpaired) electrons. The number of nitrogens with two attached hydrogens (primary N) is 1. The average molecular weight is 229 g/mol. The van der Waals surface area contributed by atoms with Crippen molar-refractivity contribution in [1.29, 1.82) is 0 Å². The number of aliphatic imine (C=N–C) groups is 1. The number of hydrogen-bond donors (Lipinski definition) is 2. The van der Waals surface area contributed by atoms with Crippen LogP contribution in [0.15, 0.2) is 4.99 Å². The normalized spacial score (nSPS) is 28.1. The van der Waals surface area contributed by atoms with Crippen LogP contribution in [0, 0.1) is 0 Å². The van der Waals surface area contributed by atoms with Crippen molar-refractivity contribution >= 4 is 17.7 Å². The quantitative estimate of drug-likeness (QED) is 0.574. The van der Waals surface area contributed by atoms with Gasteiger partial charge in [-0.15, -0.1) is 0 Å². The van der Waals surface area contributed by atoms with Crippen LogP contribution in [0.25, 0.3) is 0 Å². The van der Waals surface area contributed by atoms with E-state index < -0.39 is 0 Å². The fourth-order valence-electron chi connectivity index (χ4n) is 1.98. The monoisotopic (exact) mass is 229 g/mol. The second kappa shape index (κ2) is 6.26. The number of nitrogens with one attached hydrogen (secondary N) is 1. The summed E-state index contributed by atoms with van der Waals surface area (Å²) < 4.78 is 0. The Bertz CT molecular complexity index is 216. The summed E-state index contributed by atoms with van der Waals surface area (Å²) in [7, 11) is 0. The molecule has 1 aliphatic rings. The van der Waals surface area contributed by atoms with Crippen LogP contribution in [0.3, 0.4) is 0 Å². The highest BCUT2D eigenvalue weighted by Gasteiger charge is 2.20. The second-order valence-corrected chi connectivity index (χ2v) is 5.63. The van der Waals surface area contributed by atoms with Gasteiger partial charge in [-0.1, -0.05) is 6.42 Å². The third kappa shape index (κ3) is 4.78. The second-order valence-electron chi connectivity index (χ2n) is 4.49. The molecule has 15 heavy (non-hydrogen) atoms. The van der Waals surface area contributed by atoms with Gasteiger partial charge in [-0.3, -0.25) is 4.99 Å². The van der Waals surface area contributed by atoms with E-state index in [0.717, 1.165) is 5.25 Å². The summed E-state index contributed by atoms with van der Waals surface area (Å²) >= 11 is 1.96.